The number of rotatable bonds is 6. The highest BCUT2D eigenvalue weighted by atomic mass is 32.2. The van der Waals surface area contributed by atoms with E-state index in [9.17, 15) is 9.59 Å². The highest BCUT2D eigenvalue weighted by Crippen LogP contribution is 2.27. The van der Waals surface area contributed by atoms with E-state index >= 15 is 0 Å². The smallest absolute Gasteiger partial charge is 0.255 e. The summed E-state index contributed by atoms with van der Waals surface area (Å²) in [7, 11) is 0. The van der Waals surface area contributed by atoms with Gasteiger partial charge in [0.15, 0.2) is 0 Å². The lowest BCUT2D eigenvalue weighted by atomic mass is 10.1. The summed E-state index contributed by atoms with van der Waals surface area (Å²) in [4.78, 5) is 26.0. The molecular formula is C23H20N4O2S2. The topological polar surface area (TPSA) is 84.0 Å². The highest BCUT2D eigenvalue weighted by Gasteiger charge is 2.17. The van der Waals surface area contributed by atoms with Crippen LogP contribution >= 0.6 is 23.1 Å². The van der Waals surface area contributed by atoms with Crippen molar-refractivity contribution < 1.29 is 9.59 Å². The number of aryl methyl sites for hydroxylation is 1. The Labute approximate surface area is 188 Å². The van der Waals surface area contributed by atoms with Crippen LogP contribution in [0, 0.1) is 6.92 Å². The van der Waals surface area contributed by atoms with E-state index in [1.165, 1.54) is 23.1 Å². The van der Waals surface area contributed by atoms with Crippen molar-refractivity contribution in [1.29, 1.82) is 0 Å². The summed E-state index contributed by atoms with van der Waals surface area (Å²) >= 11 is 2.75. The number of amides is 2. The number of nitrogens with one attached hydrogen (secondary N) is 2. The van der Waals surface area contributed by atoms with Crippen LogP contribution in [0.4, 0.5) is 10.8 Å². The van der Waals surface area contributed by atoms with Crippen molar-refractivity contribution in [2.75, 3.05) is 10.6 Å². The molecule has 0 saturated heterocycles. The zero-order valence-corrected chi connectivity index (χ0v) is 18.6. The minimum atomic E-state index is -0.337. The molecular weight excluding hydrogens is 428 g/mol. The highest BCUT2D eigenvalue weighted by molar-refractivity contribution is 8.00. The Hall–Kier alpha value is -3.23. The molecule has 0 bridgehead atoms. The fourth-order valence-electron chi connectivity index (χ4n) is 2.99. The molecule has 156 valence electrons. The molecule has 1 unspecified atom stereocenters. The number of aromatic nitrogens is 2. The van der Waals surface area contributed by atoms with Crippen molar-refractivity contribution in [3.8, 4) is 0 Å². The normalized spacial score (nSPS) is 11.8. The SMILES string of the molecule is Cc1nnc(NC(=O)C(C)Sc2cccc(NC(=O)c3ccc4ccccc4c3)c2)s1. The van der Waals surface area contributed by atoms with Gasteiger partial charge in [-0.2, -0.15) is 0 Å². The number of anilines is 2. The van der Waals surface area contributed by atoms with E-state index in [1.54, 1.807) is 0 Å². The molecule has 2 N–H and O–H groups in total. The van der Waals surface area contributed by atoms with Crippen molar-refractivity contribution in [2.24, 2.45) is 0 Å². The number of thioether (sulfide) groups is 1. The van der Waals surface area contributed by atoms with Crippen molar-refractivity contribution in [1.82, 2.24) is 10.2 Å². The van der Waals surface area contributed by atoms with Gasteiger partial charge in [-0.05, 0) is 55.0 Å². The molecule has 1 aromatic heterocycles. The molecule has 8 heteroatoms. The van der Waals surface area contributed by atoms with Crippen LogP contribution < -0.4 is 10.6 Å². The lowest BCUT2D eigenvalue weighted by Crippen LogP contribution is -2.22. The molecule has 0 saturated carbocycles. The molecule has 4 rings (SSSR count). The predicted molar refractivity (Wildman–Crippen MR) is 127 cm³/mol. The van der Waals surface area contributed by atoms with Crippen LogP contribution in [0.3, 0.4) is 0 Å². The molecule has 4 aromatic rings. The average Bonchev–Trinajstić information content (AvgIpc) is 3.18. The third-order valence-corrected chi connectivity index (χ3v) is 6.39. The summed E-state index contributed by atoms with van der Waals surface area (Å²) < 4.78 is 0. The summed E-state index contributed by atoms with van der Waals surface area (Å²) in [6, 6.07) is 21.0. The summed E-state index contributed by atoms with van der Waals surface area (Å²) in [5.74, 6) is -0.322. The van der Waals surface area contributed by atoms with Gasteiger partial charge in [-0.1, -0.05) is 47.7 Å². The van der Waals surface area contributed by atoms with Crippen LogP contribution in [-0.2, 0) is 4.79 Å². The zero-order valence-electron chi connectivity index (χ0n) is 17.0. The second-order valence-electron chi connectivity index (χ2n) is 6.92. The first-order valence-corrected chi connectivity index (χ1v) is 11.4. The van der Waals surface area contributed by atoms with Crippen LogP contribution in [-0.4, -0.2) is 27.3 Å². The van der Waals surface area contributed by atoms with Crippen LogP contribution in [0.25, 0.3) is 10.8 Å². The van der Waals surface area contributed by atoms with Gasteiger partial charge in [0, 0.05) is 16.1 Å². The van der Waals surface area contributed by atoms with Gasteiger partial charge in [0.2, 0.25) is 11.0 Å². The minimum absolute atomic E-state index is 0.147. The van der Waals surface area contributed by atoms with E-state index in [0.29, 0.717) is 16.4 Å². The average molecular weight is 449 g/mol. The largest absolute Gasteiger partial charge is 0.322 e. The van der Waals surface area contributed by atoms with E-state index in [1.807, 2.05) is 80.6 Å². The van der Waals surface area contributed by atoms with Gasteiger partial charge in [-0.25, -0.2) is 0 Å². The standard InChI is InChI=1S/C23H20N4O2S2/c1-14(21(28)25-23-27-26-15(2)31-23)30-20-9-5-8-19(13-20)24-22(29)18-11-10-16-6-3-4-7-17(16)12-18/h3-14H,1-2H3,(H,24,29)(H,25,27,28). The summed E-state index contributed by atoms with van der Waals surface area (Å²) in [5, 5.41) is 16.6. The second kappa shape index (κ2) is 9.28. The molecule has 0 radical (unpaired) electrons. The molecule has 6 nitrogen and oxygen atoms in total. The lowest BCUT2D eigenvalue weighted by Gasteiger charge is -2.12. The first-order chi connectivity index (χ1) is 15.0. The maximum atomic E-state index is 12.7. The number of hydrogen-bond acceptors (Lipinski definition) is 6. The number of fused-ring (bicyclic) bond motifs is 1. The van der Waals surface area contributed by atoms with Crippen LogP contribution in [0.5, 0.6) is 0 Å². The Morgan fingerprint density at radius 2 is 1.74 bits per heavy atom. The van der Waals surface area contributed by atoms with E-state index in [-0.39, 0.29) is 17.1 Å². The van der Waals surface area contributed by atoms with Crippen LogP contribution in [0.1, 0.15) is 22.3 Å². The molecule has 0 aliphatic heterocycles. The predicted octanol–water partition coefficient (Wildman–Crippen LogP) is 5.37. The van der Waals surface area contributed by atoms with Gasteiger partial charge in [0.1, 0.15) is 5.01 Å². The van der Waals surface area contributed by atoms with Gasteiger partial charge in [0.25, 0.3) is 5.91 Å². The van der Waals surface area contributed by atoms with Gasteiger partial charge in [0.05, 0.1) is 5.25 Å². The number of hydrogen-bond donors (Lipinski definition) is 2. The van der Waals surface area contributed by atoms with Gasteiger partial charge >= 0.3 is 0 Å². The molecule has 3 aromatic carbocycles. The van der Waals surface area contributed by atoms with Gasteiger partial charge < -0.3 is 5.32 Å². The summed E-state index contributed by atoms with van der Waals surface area (Å²) in [6.45, 7) is 3.66. The number of nitrogens with zero attached hydrogens (tertiary/aromatic N) is 2. The summed E-state index contributed by atoms with van der Waals surface area (Å²) in [6.07, 6.45) is 0. The lowest BCUT2D eigenvalue weighted by molar-refractivity contribution is -0.115. The van der Waals surface area contributed by atoms with Gasteiger partial charge in [-0.3, -0.25) is 14.9 Å². The Bertz CT molecular complexity index is 1260. The minimum Gasteiger partial charge on any atom is -0.322 e. The number of benzene rings is 3. The monoisotopic (exact) mass is 448 g/mol. The van der Waals surface area contributed by atoms with E-state index in [2.05, 4.69) is 20.8 Å². The van der Waals surface area contributed by atoms with Crippen molar-refractivity contribution in [3.05, 3.63) is 77.3 Å². The second-order valence-corrected chi connectivity index (χ2v) is 9.52. The maximum Gasteiger partial charge on any atom is 0.255 e. The molecule has 1 atom stereocenters. The quantitative estimate of drug-likeness (QED) is 0.387. The molecule has 0 fully saturated rings. The molecule has 31 heavy (non-hydrogen) atoms. The van der Waals surface area contributed by atoms with Gasteiger partial charge in [-0.15, -0.1) is 22.0 Å². The summed E-state index contributed by atoms with van der Waals surface area (Å²) in [5.41, 5.74) is 1.27. The Morgan fingerprint density at radius 1 is 0.935 bits per heavy atom. The Kier molecular flexibility index (Phi) is 6.29. The van der Waals surface area contributed by atoms with Crippen molar-refractivity contribution in [2.45, 2.75) is 24.0 Å². The molecule has 0 aliphatic rings. The number of carbonyl (C=O) groups excluding carboxylic acids is 2. The first kappa shape index (κ1) is 21.0. The fourth-order valence-corrected chi connectivity index (χ4v) is 4.51. The van der Waals surface area contributed by atoms with E-state index in [4.69, 9.17) is 0 Å². The van der Waals surface area contributed by atoms with Crippen molar-refractivity contribution >= 4 is 56.5 Å². The molecule has 1 heterocycles. The van der Waals surface area contributed by atoms with Crippen molar-refractivity contribution in [3.63, 3.8) is 0 Å². The third kappa shape index (κ3) is 5.28. The van der Waals surface area contributed by atoms with E-state index in [0.717, 1.165) is 20.7 Å². The molecule has 2 amide bonds. The third-order valence-electron chi connectivity index (χ3n) is 4.54. The Morgan fingerprint density at radius 3 is 2.52 bits per heavy atom. The maximum absolute atomic E-state index is 12.7. The van der Waals surface area contributed by atoms with Crippen LogP contribution in [0.2, 0.25) is 0 Å². The number of carbonyl (C=O) groups is 2. The molecule has 0 aliphatic carbocycles. The Balaban J connectivity index is 1.41. The molecule has 0 spiro atoms. The van der Waals surface area contributed by atoms with E-state index < -0.39 is 0 Å². The fraction of sp³-hybridized carbons (Fsp3) is 0.130. The van der Waals surface area contributed by atoms with Crippen LogP contribution in [0.15, 0.2) is 71.6 Å². The zero-order chi connectivity index (χ0) is 21.8. The first-order valence-electron chi connectivity index (χ1n) is 9.66.